The number of carbonyl (C=O) groups is 1. The van der Waals surface area contributed by atoms with Crippen molar-refractivity contribution in [2.75, 3.05) is 26.1 Å². The van der Waals surface area contributed by atoms with Crippen LogP contribution < -0.4 is 10.6 Å². The van der Waals surface area contributed by atoms with E-state index < -0.39 is 0 Å². The van der Waals surface area contributed by atoms with Crippen LogP contribution >= 0.6 is 23.6 Å². The molecule has 1 unspecified atom stereocenters. The Morgan fingerprint density at radius 2 is 2.14 bits per heavy atom. The largest absolute Gasteiger partial charge is 0.465 e. The van der Waals surface area contributed by atoms with Crippen molar-refractivity contribution in [3.05, 3.63) is 29.1 Å². The zero-order valence-corrected chi connectivity index (χ0v) is 14.3. The number of ether oxygens (including phenoxy) is 2. The number of hydrogen-bond donors (Lipinski definition) is 2. The summed E-state index contributed by atoms with van der Waals surface area (Å²) in [5, 5.41) is 7.77. The van der Waals surface area contributed by atoms with Crippen molar-refractivity contribution in [2.45, 2.75) is 13.0 Å². The summed E-state index contributed by atoms with van der Waals surface area (Å²) in [7, 11) is 3.03. The molecule has 0 aliphatic carbocycles. The molecule has 0 aliphatic rings. The minimum Gasteiger partial charge on any atom is -0.465 e. The Morgan fingerprint density at radius 3 is 2.82 bits per heavy atom. The summed E-state index contributed by atoms with van der Waals surface area (Å²) >= 11 is 6.67. The third-order valence-electron chi connectivity index (χ3n) is 2.95. The fourth-order valence-corrected chi connectivity index (χ4v) is 3.29. The third kappa shape index (κ3) is 4.16. The maximum Gasteiger partial charge on any atom is 0.348 e. The fourth-order valence-electron chi connectivity index (χ4n) is 2.00. The molecular weight excluding hydrogens is 320 g/mol. The molecule has 0 bridgehead atoms. The van der Waals surface area contributed by atoms with E-state index >= 15 is 0 Å². The van der Waals surface area contributed by atoms with Crippen LogP contribution in [0.15, 0.2) is 24.3 Å². The second-order valence-corrected chi connectivity index (χ2v) is 6.30. The molecule has 2 rings (SSSR count). The molecule has 1 aromatic carbocycles. The molecule has 118 valence electrons. The molecule has 1 aromatic heterocycles. The van der Waals surface area contributed by atoms with Gasteiger partial charge in [-0.05, 0) is 48.8 Å². The first-order chi connectivity index (χ1) is 10.5. The average molecular weight is 338 g/mol. The van der Waals surface area contributed by atoms with E-state index in [0.29, 0.717) is 16.6 Å². The van der Waals surface area contributed by atoms with Crippen molar-refractivity contribution >= 4 is 50.4 Å². The standard InChI is InChI=1S/C15H18N2O3S2/c1-9(8-19-2)16-15(21)17-11-4-5-12-10(6-11)7-13(22-12)14(18)20-3/h4-7,9H,8H2,1-3H3,(H2,16,17,21). The van der Waals surface area contributed by atoms with Crippen molar-refractivity contribution in [1.29, 1.82) is 0 Å². The molecule has 0 saturated carbocycles. The number of carbonyl (C=O) groups excluding carboxylic acids is 1. The van der Waals surface area contributed by atoms with Gasteiger partial charge in [0.05, 0.1) is 13.7 Å². The van der Waals surface area contributed by atoms with Gasteiger partial charge in [0, 0.05) is 23.5 Å². The van der Waals surface area contributed by atoms with Crippen LogP contribution in [-0.2, 0) is 9.47 Å². The summed E-state index contributed by atoms with van der Waals surface area (Å²) in [5.74, 6) is -0.318. The molecule has 0 fully saturated rings. The van der Waals surface area contributed by atoms with E-state index in [0.717, 1.165) is 15.8 Å². The maximum absolute atomic E-state index is 11.6. The molecule has 0 radical (unpaired) electrons. The van der Waals surface area contributed by atoms with Gasteiger partial charge in [-0.15, -0.1) is 11.3 Å². The number of thiophene rings is 1. The van der Waals surface area contributed by atoms with Crippen LogP contribution in [0, 0.1) is 0 Å². The van der Waals surface area contributed by atoms with Crippen LogP contribution in [-0.4, -0.2) is 38.0 Å². The number of fused-ring (bicyclic) bond motifs is 1. The first kappa shape index (κ1) is 16.7. The summed E-state index contributed by atoms with van der Waals surface area (Å²) in [6.45, 7) is 2.57. The monoisotopic (exact) mass is 338 g/mol. The minimum atomic E-state index is -0.318. The molecule has 2 N–H and O–H groups in total. The zero-order chi connectivity index (χ0) is 16.1. The first-order valence-corrected chi connectivity index (χ1v) is 7.94. The van der Waals surface area contributed by atoms with Gasteiger partial charge >= 0.3 is 5.97 Å². The Labute approximate surface area is 138 Å². The molecule has 0 aliphatic heterocycles. The number of esters is 1. The van der Waals surface area contributed by atoms with Gasteiger partial charge in [-0.2, -0.15) is 0 Å². The van der Waals surface area contributed by atoms with Crippen molar-refractivity contribution in [3.8, 4) is 0 Å². The Balaban J connectivity index is 2.09. The molecule has 7 heteroatoms. The summed E-state index contributed by atoms with van der Waals surface area (Å²) in [6, 6.07) is 7.78. The zero-order valence-electron chi connectivity index (χ0n) is 12.6. The highest BCUT2D eigenvalue weighted by Gasteiger charge is 2.11. The summed E-state index contributed by atoms with van der Waals surface area (Å²) in [4.78, 5) is 12.1. The lowest BCUT2D eigenvalue weighted by atomic mass is 10.2. The van der Waals surface area contributed by atoms with E-state index in [4.69, 9.17) is 21.7 Å². The van der Waals surface area contributed by atoms with Crippen LogP contribution in [0.1, 0.15) is 16.6 Å². The number of nitrogens with one attached hydrogen (secondary N) is 2. The third-order valence-corrected chi connectivity index (χ3v) is 4.27. The van der Waals surface area contributed by atoms with Crippen molar-refractivity contribution in [3.63, 3.8) is 0 Å². The summed E-state index contributed by atoms with van der Waals surface area (Å²) < 4.78 is 10.8. The number of methoxy groups -OCH3 is 2. The van der Waals surface area contributed by atoms with Gasteiger partial charge in [0.15, 0.2) is 5.11 Å². The molecule has 1 atom stereocenters. The minimum absolute atomic E-state index is 0.126. The van der Waals surface area contributed by atoms with E-state index in [-0.39, 0.29) is 12.0 Å². The topological polar surface area (TPSA) is 59.6 Å². The van der Waals surface area contributed by atoms with Gasteiger partial charge in [0.1, 0.15) is 4.88 Å². The highest BCUT2D eigenvalue weighted by atomic mass is 32.1. The number of benzene rings is 1. The molecule has 2 aromatic rings. The first-order valence-electron chi connectivity index (χ1n) is 6.72. The van der Waals surface area contributed by atoms with Gasteiger partial charge in [-0.1, -0.05) is 0 Å². The quantitative estimate of drug-likeness (QED) is 0.646. The maximum atomic E-state index is 11.6. The van der Waals surface area contributed by atoms with E-state index in [1.807, 2.05) is 31.2 Å². The van der Waals surface area contributed by atoms with Crippen LogP contribution in [0.25, 0.3) is 10.1 Å². The molecule has 5 nitrogen and oxygen atoms in total. The van der Waals surface area contributed by atoms with Crippen LogP contribution in [0.3, 0.4) is 0 Å². The lowest BCUT2D eigenvalue weighted by molar-refractivity contribution is 0.0606. The van der Waals surface area contributed by atoms with Gasteiger partial charge in [-0.25, -0.2) is 4.79 Å². The molecule has 1 heterocycles. The second kappa shape index (κ2) is 7.53. The van der Waals surface area contributed by atoms with Gasteiger partial charge in [0.25, 0.3) is 0 Å². The lowest BCUT2D eigenvalue weighted by Crippen LogP contribution is -2.38. The van der Waals surface area contributed by atoms with E-state index in [9.17, 15) is 4.79 Å². The van der Waals surface area contributed by atoms with E-state index in [1.165, 1.54) is 18.4 Å². The summed E-state index contributed by atoms with van der Waals surface area (Å²) in [5.41, 5.74) is 0.865. The SMILES string of the molecule is COCC(C)NC(=S)Nc1ccc2sc(C(=O)OC)cc2c1. The number of hydrogen-bond acceptors (Lipinski definition) is 5. The number of anilines is 1. The van der Waals surface area contributed by atoms with Gasteiger partial charge < -0.3 is 20.1 Å². The van der Waals surface area contributed by atoms with E-state index in [1.54, 1.807) is 7.11 Å². The lowest BCUT2D eigenvalue weighted by Gasteiger charge is -2.16. The van der Waals surface area contributed by atoms with Gasteiger partial charge in [0.2, 0.25) is 0 Å². The van der Waals surface area contributed by atoms with Crippen molar-refractivity contribution in [2.24, 2.45) is 0 Å². The smallest absolute Gasteiger partial charge is 0.348 e. The Hall–Kier alpha value is -1.70. The molecule has 0 amide bonds. The summed E-state index contributed by atoms with van der Waals surface area (Å²) in [6.07, 6.45) is 0. The number of thiocarbonyl (C=S) groups is 1. The van der Waals surface area contributed by atoms with Crippen LogP contribution in [0.2, 0.25) is 0 Å². The van der Waals surface area contributed by atoms with Gasteiger partial charge in [-0.3, -0.25) is 0 Å². The molecule has 22 heavy (non-hydrogen) atoms. The van der Waals surface area contributed by atoms with Crippen LogP contribution in [0.5, 0.6) is 0 Å². The van der Waals surface area contributed by atoms with Crippen molar-refractivity contribution < 1.29 is 14.3 Å². The Bertz CT molecular complexity index is 684. The number of rotatable bonds is 5. The molecular formula is C15H18N2O3S2. The normalized spacial score (nSPS) is 12.0. The highest BCUT2D eigenvalue weighted by Crippen LogP contribution is 2.28. The van der Waals surface area contributed by atoms with Crippen molar-refractivity contribution in [1.82, 2.24) is 5.32 Å². The fraction of sp³-hybridized carbons (Fsp3) is 0.333. The Morgan fingerprint density at radius 1 is 1.36 bits per heavy atom. The molecule has 0 spiro atoms. The second-order valence-electron chi connectivity index (χ2n) is 4.81. The predicted octanol–water partition coefficient (Wildman–Crippen LogP) is 3.01. The predicted molar refractivity (Wildman–Crippen MR) is 93.9 cm³/mol. The molecule has 0 saturated heterocycles. The average Bonchev–Trinajstić information content (AvgIpc) is 2.89. The Kier molecular flexibility index (Phi) is 5.70. The van der Waals surface area contributed by atoms with E-state index in [2.05, 4.69) is 10.6 Å². The van der Waals surface area contributed by atoms with Crippen LogP contribution in [0.4, 0.5) is 5.69 Å². The highest BCUT2D eigenvalue weighted by molar-refractivity contribution is 7.80.